The van der Waals surface area contributed by atoms with E-state index in [4.69, 9.17) is 22.1 Å². The predicted octanol–water partition coefficient (Wildman–Crippen LogP) is 0.853. The van der Waals surface area contributed by atoms with Gasteiger partial charge in [-0.3, -0.25) is 9.59 Å². The minimum Gasteiger partial charge on any atom is -0.378 e. The van der Waals surface area contributed by atoms with E-state index in [2.05, 4.69) is 0 Å². The van der Waals surface area contributed by atoms with Gasteiger partial charge in [-0.15, -0.1) is 0 Å². The molecular formula is C17H21ClN2O5S. The highest BCUT2D eigenvalue weighted by atomic mass is 35.5. The summed E-state index contributed by atoms with van der Waals surface area (Å²) in [6.07, 6.45) is 0.0982. The van der Waals surface area contributed by atoms with Crippen LogP contribution in [-0.4, -0.2) is 56.7 Å². The quantitative estimate of drug-likeness (QED) is 0.806. The molecule has 0 spiro atoms. The molecule has 3 rings (SSSR count). The van der Waals surface area contributed by atoms with Gasteiger partial charge in [0.05, 0.1) is 40.2 Å². The van der Waals surface area contributed by atoms with Crippen LogP contribution >= 0.6 is 11.6 Å². The normalized spacial score (nSPS) is 26.7. The molecule has 2 fully saturated rings. The fourth-order valence-corrected chi connectivity index (χ4v) is 6.05. The van der Waals surface area contributed by atoms with Crippen molar-refractivity contribution in [3.63, 3.8) is 0 Å². The monoisotopic (exact) mass is 400 g/mol. The van der Waals surface area contributed by atoms with Gasteiger partial charge >= 0.3 is 0 Å². The van der Waals surface area contributed by atoms with Gasteiger partial charge in [-0.25, -0.2) is 8.42 Å². The van der Waals surface area contributed by atoms with Crippen LogP contribution in [0.5, 0.6) is 0 Å². The van der Waals surface area contributed by atoms with Crippen molar-refractivity contribution in [3.8, 4) is 0 Å². The van der Waals surface area contributed by atoms with Crippen LogP contribution in [0, 0.1) is 11.8 Å². The number of sulfone groups is 1. The molecule has 1 saturated heterocycles. The molecule has 2 aliphatic rings. The first-order valence-corrected chi connectivity index (χ1v) is 10.4. The molecule has 0 unspecified atom stereocenters. The van der Waals surface area contributed by atoms with Crippen molar-refractivity contribution in [3.05, 3.63) is 29.3 Å². The number of rotatable bonds is 4. The summed E-state index contributed by atoms with van der Waals surface area (Å²) < 4.78 is 31.2. The molecular weight excluding hydrogens is 380 g/mol. The van der Waals surface area contributed by atoms with E-state index in [-0.39, 0.29) is 28.7 Å². The van der Waals surface area contributed by atoms with Gasteiger partial charge in [-0.05, 0) is 25.0 Å². The summed E-state index contributed by atoms with van der Waals surface area (Å²) in [7, 11) is -3.77. The van der Waals surface area contributed by atoms with E-state index in [1.165, 1.54) is 12.1 Å². The van der Waals surface area contributed by atoms with Crippen LogP contribution in [0.25, 0.3) is 0 Å². The Morgan fingerprint density at radius 1 is 1.12 bits per heavy atom. The summed E-state index contributed by atoms with van der Waals surface area (Å²) >= 11 is 6.05. The Balaban J connectivity index is 1.86. The molecule has 2 amide bonds. The Kier molecular flexibility index (Phi) is 5.55. The number of nitrogens with zero attached hydrogens (tertiary/aromatic N) is 1. The van der Waals surface area contributed by atoms with Crippen LogP contribution < -0.4 is 5.73 Å². The number of primary amides is 1. The van der Waals surface area contributed by atoms with Gasteiger partial charge in [0.2, 0.25) is 11.8 Å². The number of carbonyl (C=O) groups excluding carboxylic acids is 2. The molecule has 142 valence electrons. The second-order valence-corrected chi connectivity index (χ2v) is 9.23. The number of nitrogens with two attached hydrogens (primary N) is 1. The van der Waals surface area contributed by atoms with Gasteiger partial charge in [0.25, 0.3) is 0 Å². The zero-order valence-corrected chi connectivity index (χ0v) is 15.7. The molecule has 0 aromatic heterocycles. The van der Waals surface area contributed by atoms with Gasteiger partial charge < -0.3 is 15.4 Å². The van der Waals surface area contributed by atoms with Gasteiger partial charge in [0.1, 0.15) is 0 Å². The molecule has 3 atom stereocenters. The first-order chi connectivity index (χ1) is 12.3. The van der Waals surface area contributed by atoms with Crippen molar-refractivity contribution in [1.29, 1.82) is 0 Å². The lowest BCUT2D eigenvalue weighted by Gasteiger charge is -2.30. The predicted molar refractivity (Wildman–Crippen MR) is 95.2 cm³/mol. The number of carbonyl (C=O) groups is 2. The minimum atomic E-state index is -3.77. The second kappa shape index (κ2) is 7.54. The summed E-state index contributed by atoms with van der Waals surface area (Å²) in [4.78, 5) is 26.4. The molecule has 9 heteroatoms. The summed E-state index contributed by atoms with van der Waals surface area (Å²) in [5.41, 5.74) is 5.47. The van der Waals surface area contributed by atoms with E-state index in [0.29, 0.717) is 26.3 Å². The Morgan fingerprint density at radius 2 is 1.73 bits per heavy atom. The SMILES string of the molecule is NC(=O)[C@@H]1C[C@@H](S(=O)(=O)c2ccccc2Cl)C[C@H]1C(=O)N1CCOCC1. The van der Waals surface area contributed by atoms with Crippen molar-refractivity contribution in [2.75, 3.05) is 26.3 Å². The highest BCUT2D eigenvalue weighted by molar-refractivity contribution is 7.92. The average molecular weight is 401 g/mol. The summed E-state index contributed by atoms with van der Waals surface area (Å²) in [6, 6.07) is 6.18. The summed E-state index contributed by atoms with van der Waals surface area (Å²) in [5.74, 6) is -2.40. The average Bonchev–Trinajstić information content (AvgIpc) is 3.08. The first kappa shape index (κ1) is 19.1. The first-order valence-electron chi connectivity index (χ1n) is 8.46. The number of amides is 2. The molecule has 2 N–H and O–H groups in total. The largest absolute Gasteiger partial charge is 0.378 e. The Labute approximate surface area is 157 Å². The molecule has 1 aliphatic carbocycles. The van der Waals surface area contributed by atoms with Crippen LogP contribution in [0.2, 0.25) is 5.02 Å². The minimum absolute atomic E-state index is 0.0226. The number of hydrogen-bond acceptors (Lipinski definition) is 5. The zero-order valence-electron chi connectivity index (χ0n) is 14.1. The van der Waals surface area contributed by atoms with Crippen molar-refractivity contribution < 1.29 is 22.7 Å². The molecule has 7 nitrogen and oxygen atoms in total. The van der Waals surface area contributed by atoms with Gasteiger partial charge in [-0.1, -0.05) is 23.7 Å². The molecule has 0 radical (unpaired) electrons. The Bertz CT molecular complexity index is 807. The van der Waals surface area contributed by atoms with Crippen molar-refractivity contribution >= 4 is 33.3 Å². The number of morpholine rings is 1. The van der Waals surface area contributed by atoms with Crippen molar-refractivity contribution in [1.82, 2.24) is 4.90 Å². The maximum absolute atomic E-state index is 13.0. The third kappa shape index (κ3) is 3.58. The third-order valence-corrected chi connectivity index (χ3v) is 7.78. The molecule has 0 bridgehead atoms. The molecule has 1 aromatic rings. The van der Waals surface area contributed by atoms with Gasteiger partial charge in [0, 0.05) is 13.1 Å². The lowest BCUT2D eigenvalue weighted by molar-refractivity contribution is -0.143. The van der Waals surface area contributed by atoms with Gasteiger partial charge in [0.15, 0.2) is 9.84 Å². The van der Waals surface area contributed by atoms with E-state index in [1.807, 2.05) is 0 Å². The smallest absolute Gasteiger partial charge is 0.226 e. The van der Waals surface area contributed by atoms with E-state index in [9.17, 15) is 18.0 Å². The van der Waals surface area contributed by atoms with Crippen molar-refractivity contribution in [2.24, 2.45) is 17.6 Å². The summed E-state index contributed by atoms with van der Waals surface area (Å²) in [5, 5.41) is -0.735. The zero-order chi connectivity index (χ0) is 18.9. The summed E-state index contributed by atoms with van der Waals surface area (Å²) in [6.45, 7) is 1.73. The maximum Gasteiger partial charge on any atom is 0.226 e. The van der Waals surface area contributed by atoms with Crippen LogP contribution in [0.3, 0.4) is 0 Å². The standard InChI is InChI=1S/C17H21ClN2O5S/c18-14-3-1-2-4-15(14)26(23,24)11-9-12(16(19)21)13(10-11)17(22)20-5-7-25-8-6-20/h1-4,11-13H,5-10H2,(H2,19,21)/t11-,12-,13-/m1/s1. The fraction of sp³-hybridized carbons (Fsp3) is 0.529. The lowest BCUT2D eigenvalue weighted by atomic mass is 9.94. The molecule has 26 heavy (non-hydrogen) atoms. The van der Waals surface area contributed by atoms with Crippen molar-refractivity contribution in [2.45, 2.75) is 23.0 Å². The van der Waals surface area contributed by atoms with E-state index in [0.717, 1.165) is 0 Å². The fourth-order valence-electron chi connectivity index (χ4n) is 3.71. The second-order valence-electron chi connectivity index (χ2n) is 6.62. The van der Waals surface area contributed by atoms with Crippen LogP contribution in [0.4, 0.5) is 0 Å². The topological polar surface area (TPSA) is 107 Å². The van der Waals surface area contributed by atoms with E-state index in [1.54, 1.807) is 17.0 Å². The van der Waals surface area contributed by atoms with Crippen LogP contribution in [0.1, 0.15) is 12.8 Å². The number of halogens is 1. The van der Waals surface area contributed by atoms with E-state index < -0.39 is 32.8 Å². The molecule has 1 saturated carbocycles. The van der Waals surface area contributed by atoms with Crippen LogP contribution in [-0.2, 0) is 24.2 Å². The molecule has 1 aromatic carbocycles. The number of ether oxygens (including phenoxy) is 1. The number of benzene rings is 1. The maximum atomic E-state index is 13.0. The molecule has 1 aliphatic heterocycles. The lowest BCUT2D eigenvalue weighted by Crippen LogP contribution is -2.46. The highest BCUT2D eigenvalue weighted by Gasteiger charge is 2.48. The third-order valence-electron chi connectivity index (χ3n) is 5.11. The Morgan fingerprint density at radius 3 is 2.35 bits per heavy atom. The Hall–Kier alpha value is -1.64. The van der Waals surface area contributed by atoms with Crippen LogP contribution in [0.15, 0.2) is 29.2 Å². The highest BCUT2D eigenvalue weighted by Crippen LogP contribution is 2.40. The van der Waals surface area contributed by atoms with Gasteiger partial charge in [-0.2, -0.15) is 0 Å². The van der Waals surface area contributed by atoms with E-state index >= 15 is 0 Å². The molecule has 1 heterocycles. The number of hydrogen-bond donors (Lipinski definition) is 1.